The second-order valence-electron chi connectivity index (χ2n) is 7.34. The van der Waals surface area contributed by atoms with Crippen molar-refractivity contribution in [2.45, 2.75) is 18.9 Å². The van der Waals surface area contributed by atoms with Crippen LogP contribution in [0.2, 0.25) is 0 Å². The molecule has 1 aliphatic heterocycles. The Morgan fingerprint density at radius 3 is 2.38 bits per heavy atom. The minimum absolute atomic E-state index is 0.135. The third kappa shape index (κ3) is 4.09. The van der Waals surface area contributed by atoms with Crippen molar-refractivity contribution in [3.63, 3.8) is 0 Å². The molecule has 1 atom stereocenters. The summed E-state index contributed by atoms with van der Waals surface area (Å²) in [5, 5.41) is 3.70. The number of benzene rings is 2. The Bertz CT molecular complexity index is 1160. The molecule has 2 aromatic carbocycles. The van der Waals surface area contributed by atoms with Crippen molar-refractivity contribution in [1.82, 2.24) is 9.97 Å². The molecule has 1 aromatic heterocycles. The Morgan fingerprint density at radius 1 is 1.00 bits per heavy atom. The lowest BCUT2D eigenvalue weighted by Gasteiger charge is -2.26. The fourth-order valence-electron chi connectivity index (χ4n) is 3.91. The van der Waals surface area contributed by atoms with Crippen LogP contribution in [0, 0.1) is 0 Å². The Morgan fingerprint density at radius 2 is 1.69 bits per heavy atom. The van der Waals surface area contributed by atoms with Gasteiger partial charge in [0, 0.05) is 17.6 Å². The van der Waals surface area contributed by atoms with Crippen molar-refractivity contribution in [1.29, 1.82) is 0 Å². The van der Waals surface area contributed by atoms with Crippen LogP contribution in [0.25, 0.3) is 10.9 Å². The maximum Gasteiger partial charge on any atom is 0.337 e. The SMILES string of the molecule is COC(=O)c1cc(NC(=O)[C@@H]2CCCN2c2ncnc3ccccc23)cc(C(=O)OC)c1. The molecule has 0 saturated carbocycles. The van der Waals surface area contributed by atoms with Gasteiger partial charge in [0.1, 0.15) is 18.2 Å². The number of hydrogen-bond donors (Lipinski definition) is 1. The minimum atomic E-state index is -0.624. The van der Waals surface area contributed by atoms with E-state index < -0.39 is 18.0 Å². The predicted octanol–water partition coefficient (Wildman–Crippen LogP) is 2.81. The van der Waals surface area contributed by atoms with Crippen molar-refractivity contribution in [3.05, 3.63) is 59.9 Å². The molecule has 32 heavy (non-hydrogen) atoms. The summed E-state index contributed by atoms with van der Waals surface area (Å²) in [5.41, 5.74) is 1.38. The predicted molar refractivity (Wildman–Crippen MR) is 118 cm³/mol. The highest BCUT2D eigenvalue weighted by atomic mass is 16.5. The summed E-state index contributed by atoms with van der Waals surface area (Å²) < 4.78 is 9.51. The van der Waals surface area contributed by atoms with Crippen LogP contribution in [0.4, 0.5) is 11.5 Å². The molecule has 3 aromatic rings. The number of rotatable bonds is 5. The molecule has 1 aliphatic rings. The zero-order chi connectivity index (χ0) is 22.7. The molecule has 1 N–H and O–H groups in total. The molecule has 4 rings (SSSR count). The lowest BCUT2D eigenvalue weighted by atomic mass is 10.1. The number of ether oxygens (including phenoxy) is 2. The average molecular weight is 434 g/mol. The number of nitrogens with zero attached hydrogens (tertiary/aromatic N) is 3. The Kier molecular flexibility index (Phi) is 5.98. The number of methoxy groups -OCH3 is 2. The summed E-state index contributed by atoms with van der Waals surface area (Å²) >= 11 is 0. The van der Waals surface area contributed by atoms with E-state index in [1.807, 2.05) is 29.2 Å². The van der Waals surface area contributed by atoms with Crippen molar-refractivity contribution >= 4 is 40.3 Å². The first-order chi connectivity index (χ1) is 15.5. The summed E-state index contributed by atoms with van der Waals surface area (Å²) in [5.74, 6) is -0.808. The average Bonchev–Trinajstić information content (AvgIpc) is 3.32. The molecular weight excluding hydrogens is 412 g/mol. The Labute approximate surface area is 184 Å². The van der Waals surface area contributed by atoms with Crippen LogP contribution in [0.3, 0.4) is 0 Å². The van der Waals surface area contributed by atoms with E-state index in [2.05, 4.69) is 15.3 Å². The second-order valence-corrected chi connectivity index (χ2v) is 7.34. The molecule has 1 saturated heterocycles. The van der Waals surface area contributed by atoms with Crippen LogP contribution in [0.5, 0.6) is 0 Å². The minimum Gasteiger partial charge on any atom is -0.465 e. The summed E-state index contributed by atoms with van der Waals surface area (Å²) in [6, 6.07) is 11.5. The highest BCUT2D eigenvalue weighted by Gasteiger charge is 2.33. The normalized spacial score (nSPS) is 15.4. The quantitative estimate of drug-likeness (QED) is 0.611. The van der Waals surface area contributed by atoms with Gasteiger partial charge in [0.05, 0.1) is 30.9 Å². The number of amides is 1. The van der Waals surface area contributed by atoms with Crippen LogP contribution in [0.1, 0.15) is 33.6 Å². The van der Waals surface area contributed by atoms with Gasteiger partial charge in [0.2, 0.25) is 5.91 Å². The first-order valence-corrected chi connectivity index (χ1v) is 10.1. The maximum atomic E-state index is 13.2. The molecule has 1 amide bonds. The molecule has 0 unspecified atom stereocenters. The van der Waals surface area contributed by atoms with Gasteiger partial charge in [-0.2, -0.15) is 0 Å². The number of carbonyl (C=O) groups excluding carboxylic acids is 3. The van der Waals surface area contributed by atoms with E-state index in [1.165, 1.54) is 38.7 Å². The number of aromatic nitrogens is 2. The molecular formula is C23H22N4O5. The van der Waals surface area contributed by atoms with E-state index in [9.17, 15) is 14.4 Å². The van der Waals surface area contributed by atoms with Gasteiger partial charge in [-0.25, -0.2) is 19.6 Å². The summed E-state index contributed by atoms with van der Waals surface area (Å²) in [6.07, 6.45) is 2.96. The number of hydrogen-bond acceptors (Lipinski definition) is 8. The van der Waals surface area contributed by atoms with Gasteiger partial charge in [-0.05, 0) is 43.2 Å². The molecule has 0 bridgehead atoms. The smallest absolute Gasteiger partial charge is 0.337 e. The van der Waals surface area contributed by atoms with Gasteiger partial charge < -0.3 is 19.7 Å². The fourth-order valence-corrected chi connectivity index (χ4v) is 3.91. The van der Waals surface area contributed by atoms with Crippen molar-refractivity contribution < 1.29 is 23.9 Å². The highest BCUT2D eigenvalue weighted by Crippen LogP contribution is 2.30. The fraction of sp³-hybridized carbons (Fsp3) is 0.261. The van der Waals surface area contributed by atoms with Crippen LogP contribution in [-0.4, -0.2) is 54.6 Å². The molecule has 164 valence electrons. The number of anilines is 2. The lowest BCUT2D eigenvalue weighted by molar-refractivity contribution is -0.117. The van der Waals surface area contributed by atoms with E-state index in [0.717, 1.165) is 17.3 Å². The third-order valence-electron chi connectivity index (χ3n) is 5.39. The molecule has 0 spiro atoms. The third-order valence-corrected chi connectivity index (χ3v) is 5.39. The molecule has 2 heterocycles. The highest BCUT2D eigenvalue weighted by molar-refractivity contribution is 6.02. The standard InChI is InChI=1S/C23H22N4O5/c1-31-22(29)14-10-15(23(30)32-2)12-16(11-14)26-21(28)19-8-5-9-27(19)20-17-6-3-4-7-18(17)24-13-25-20/h3-4,6-7,10-13,19H,5,8-9H2,1-2H3,(H,26,28)/t19-/m0/s1. The van der Waals surface area contributed by atoms with Crippen molar-refractivity contribution in [2.75, 3.05) is 31.0 Å². The van der Waals surface area contributed by atoms with E-state index in [4.69, 9.17) is 9.47 Å². The van der Waals surface area contributed by atoms with Crippen LogP contribution >= 0.6 is 0 Å². The molecule has 0 radical (unpaired) electrons. The summed E-state index contributed by atoms with van der Waals surface area (Å²) in [6.45, 7) is 0.675. The molecule has 9 nitrogen and oxygen atoms in total. The first-order valence-electron chi connectivity index (χ1n) is 10.1. The van der Waals surface area contributed by atoms with Gasteiger partial charge in [-0.15, -0.1) is 0 Å². The summed E-state index contributed by atoms with van der Waals surface area (Å²) in [4.78, 5) is 47.9. The van der Waals surface area contributed by atoms with Gasteiger partial charge in [-0.1, -0.05) is 12.1 Å². The number of esters is 2. The summed E-state index contributed by atoms with van der Waals surface area (Å²) in [7, 11) is 2.49. The first kappa shape index (κ1) is 21.2. The van der Waals surface area contributed by atoms with Gasteiger partial charge >= 0.3 is 11.9 Å². The zero-order valence-corrected chi connectivity index (χ0v) is 17.7. The van der Waals surface area contributed by atoms with Crippen LogP contribution in [-0.2, 0) is 14.3 Å². The van der Waals surface area contributed by atoms with Gasteiger partial charge in [0.15, 0.2) is 0 Å². The topological polar surface area (TPSA) is 111 Å². The van der Waals surface area contributed by atoms with Gasteiger partial charge in [-0.3, -0.25) is 4.79 Å². The largest absolute Gasteiger partial charge is 0.465 e. The Hall–Kier alpha value is -4.01. The van der Waals surface area contributed by atoms with Crippen LogP contribution in [0.15, 0.2) is 48.8 Å². The maximum absolute atomic E-state index is 13.2. The molecule has 9 heteroatoms. The van der Waals surface area contributed by atoms with Gasteiger partial charge in [0.25, 0.3) is 0 Å². The second kappa shape index (κ2) is 9.01. The number of nitrogens with one attached hydrogen (secondary N) is 1. The number of fused-ring (bicyclic) bond motifs is 1. The van der Waals surface area contributed by atoms with E-state index >= 15 is 0 Å². The monoisotopic (exact) mass is 434 g/mol. The Balaban J connectivity index is 1.63. The van der Waals surface area contributed by atoms with Crippen LogP contribution < -0.4 is 10.2 Å². The molecule has 0 aliphatic carbocycles. The number of para-hydroxylation sites is 1. The number of carbonyl (C=O) groups is 3. The lowest BCUT2D eigenvalue weighted by Crippen LogP contribution is -2.40. The van der Waals surface area contributed by atoms with Crippen molar-refractivity contribution in [2.24, 2.45) is 0 Å². The van der Waals surface area contributed by atoms with Crippen molar-refractivity contribution in [3.8, 4) is 0 Å². The molecule has 1 fully saturated rings. The van der Waals surface area contributed by atoms with E-state index in [-0.39, 0.29) is 17.0 Å². The zero-order valence-electron chi connectivity index (χ0n) is 17.7. The van der Waals surface area contributed by atoms with E-state index in [0.29, 0.717) is 24.5 Å². The van der Waals surface area contributed by atoms with E-state index in [1.54, 1.807) is 0 Å².